The highest BCUT2D eigenvalue weighted by Gasteiger charge is 2.39. The fourth-order valence-corrected chi connectivity index (χ4v) is 4.46. The minimum atomic E-state index is 0. The van der Waals surface area contributed by atoms with Gasteiger partial charge >= 0.3 is 0 Å². The van der Waals surface area contributed by atoms with E-state index in [1.807, 2.05) is 12.1 Å². The third-order valence-corrected chi connectivity index (χ3v) is 6.42. The SMILES string of the molecule is CCN=C(NC1CCN(C(=O)C(CC)CC)CC1)NC1CC1c1cccc(Cl)c1.I. The van der Waals surface area contributed by atoms with Crippen molar-refractivity contribution in [3.05, 3.63) is 34.9 Å². The summed E-state index contributed by atoms with van der Waals surface area (Å²) in [6.07, 6.45) is 4.91. The number of piperidine rings is 1. The third-order valence-electron chi connectivity index (χ3n) is 6.19. The fourth-order valence-electron chi connectivity index (χ4n) is 4.26. The van der Waals surface area contributed by atoms with E-state index in [9.17, 15) is 4.79 Å². The second-order valence-corrected chi connectivity index (χ2v) is 8.66. The third kappa shape index (κ3) is 6.74. The molecule has 2 aliphatic rings. The molecule has 1 aliphatic carbocycles. The molecule has 7 heteroatoms. The molecule has 0 spiro atoms. The molecule has 1 heterocycles. The lowest BCUT2D eigenvalue weighted by molar-refractivity contribution is -0.136. The zero-order valence-corrected chi connectivity index (χ0v) is 21.5. The first-order chi connectivity index (χ1) is 14.0. The number of nitrogens with zero attached hydrogens (tertiary/aromatic N) is 2. The van der Waals surface area contributed by atoms with Crippen LogP contribution in [0.1, 0.15) is 64.4 Å². The van der Waals surface area contributed by atoms with Crippen molar-refractivity contribution in [1.29, 1.82) is 0 Å². The van der Waals surface area contributed by atoms with Crippen LogP contribution < -0.4 is 10.6 Å². The van der Waals surface area contributed by atoms with Crippen LogP contribution in [0.2, 0.25) is 5.02 Å². The molecule has 2 atom stereocenters. The second-order valence-electron chi connectivity index (χ2n) is 8.23. The highest BCUT2D eigenvalue weighted by Crippen LogP contribution is 2.41. The van der Waals surface area contributed by atoms with Crippen molar-refractivity contribution in [1.82, 2.24) is 15.5 Å². The molecule has 1 aromatic rings. The molecule has 1 aromatic carbocycles. The van der Waals surface area contributed by atoms with Gasteiger partial charge in [0, 0.05) is 48.6 Å². The van der Waals surface area contributed by atoms with Crippen molar-refractivity contribution in [2.45, 2.75) is 70.9 Å². The van der Waals surface area contributed by atoms with E-state index in [4.69, 9.17) is 11.6 Å². The summed E-state index contributed by atoms with van der Waals surface area (Å²) in [4.78, 5) is 19.3. The number of guanidine groups is 1. The number of amides is 1. The van der Waals surface area contributed by atoms with Crippen LogP contribution >= 0.6 is 35.6 Å². The van der Waals surface area contributed by atoms with Crippen LogP contribution in [0.25, 0.3) is 0 Å². The molecular weight excluding hydrogens is 511 g/mol. The fraction of sp³-hybridized carbons (Fsp3) is 0.652. The number of carbonyl (C=O) groups excluding carboxylic acids is 1. The Hall–Kier alpha value is -1.02. The summed E-state index contributed by atoms with van der Waals surface area (Å²) in [5.41, 5.74) is 1.29. The molecule has 0 aromatic heterocycles. The minimum Gasteiger partial charge on any atom is -0.354 e. The number of halogens is 2. The standard InChI is InChI=1S/C23H35ClN4O.HI/c1-4-16(5-2)22(29)28-12-10-19(11-13-28)26-23(25-6-3)27-21-15-20(21)17-8-7-9-18(24)14-17;/h7-9,14,16,19-21H,4-6,10-13,15H2,1-3H3,(H2,25,26,27);1H. The molecule has 1 aliphatic heterocycles. The molecule has 2 fully saturated rings. The largest absolute Gasteiger partial charge is 0.354 e. The van der Waals surface area contributed by atoms with E-state index in [0.29, 0.717) is 23.9 Å². The van der Waals surface area contributed by atoms with Crippen molar-refractivity contribution in [2.24, 2.45) is 10.9 Å². The van der Waals surface area contributed by atoms with Crippen molar-refractivity contribution >= 4 is 47.4 Å². The van der Waals surface area contributed by atoms with Gasteiger partial charge in [-0.2, -0.15) is 0 Å². The Balaban J connectivity index is 0.00000320. The number of hydrogen-bond donors (Lipinski definition) is 2. The Morgan fingerprint density at radius 3 is 2.50 bits per heavy atom. The van der Waals surface area contributed by atoms with Crippen LogP contribution in [0.5, 0.6) is 0 Å². The number of benzene rings is 1. The first-order valence-electron chi connectivity index (χ1n) is 11.2. The summed E-state index contributed by atoms with van der Waals surface area (Å²) in [5, 5.41) is 7.99. The molecule has 1 saturated carbocycles. The number of rotatable bonds is 7. The number of hydrogen-bond acceptors (Lipinski definition) is 2. The Bertz CT molecular complexity index is 717. The van der Waals surface area contributed by atoms with Crippen molar-refractivity contribution < 1.29 is 4.79 Å². The van der Waals surface area contributed by atoms with Gasteiger partial charge in [0.15, 0.2) is 5.96 Å². The molecule has 1 saturated heterocycles. The van der Waals surface area contributed by atoms with Gasteiger partial charge in [-0.1, -0.05) is 37.6 Å². The molecule has 0 radical (unpaired) electrons. The lowest BCUT2D eigenvalue weighted by Crippen LogP contribution is -2.51. The summed E-state index contributed by atoms with van der Waals surface area (Å²) in [5.74, 6) is 1.90. The van der Waals surface area contributed by atoms with Crippen LogP contribution in [0.4, 0.5) is 0 Å². The van der Waals surface area contributed by atoms with Gasteiger partial charge in [-0.05, 0) is 56.7 Å². The minimum absolute atomic E-state index is 0. The maximum atomic E-state index is 12.6. The van der Waals surface area contributed by atoms with E-state index >= 15 is 0 Å². The van der Waals surface area contributed by atoms with E-state index in [0.717, 1.165) is 62.7 Å². The summed E-state index contributed by atoms with van der Waals surface area (Å²) in [6.45, 7) is 8.68. The lowest BCUT2D eigenvalue weighted by Gasteiger charge is -2.35. The lowest BCUT2D eigenvalue weighted by atomic mass is 9.98. The second kappa shape index (κ2) is 12.1. The Labute approximate surface area is 203 Å². The van der Waals surface area contributed by atoms with Crippen molar-refractivity contribution in [3.63, 3.8) is 0 Å². The van der Waals surface area contributed by atoms with Crippen LogP contribution in [0.3, 0.4) is 0 Å². The number of nitrogens with one attached hydrogen (secondary N) is 2. The van der Waals surface area contributed by atoms with Crippen molar-refractivity contribution in [3.8, 4) is 0 Å². The number of aliphatic imine (C=N–C) groups is 1. The monoisotopic (exact) mass is 546 g/mol. The predicted molar refractivity (Wildman–Crippen MR) is 136 cm³/mol. The molecule has 30 heavy (non-hydrogen) atoms. The zero-order valence-electron chi connectivity index (χ0n) is 18.4. The first kappa shape index (κ1) is 25.2. The van der Waals surface area contributed by atoms with Crippen LogP contribution in [-0.2, 0) is 4.79 Å². The average molecular weight is 547 g/mol. The summed E-state index contributed by atoms with van der Waals surface area (Å²) < 4.78 is 0. The van der Waals surface area contributed by atoms with Gasteiger partial charge in [-0.15, -0.1) is 24.0 Å². The van der Waals surface area contributed by atoms with E-state index in [1.165, 1.54) is 5.56 Å². The van der Waals surface area contributed by atoms with Gasteiger partial charge in [0.1, 0.15) is 0 Å². The molecule has 2 N–H and O–H groups in total. The molecule has 1 amide bonds. The smallest absolute Gasteiger partial charge is 0.225 e. The van der Waals surface area contributed by atoms with Crippen molar-refractivity contribution in [2.75, 3.05) is 19.6 Å². The summed E-state index contributed by atoms with van der Waals surface area (Å²) >= 11 is 6.14. The predicted octanol–water partition coefficient (Wildman–Crippen LogP) is 4.80. The highest BCUT2D eigenvalue weighted by molar-refractivity contribution is 14.0. The van der Waals surface area contributed by atoms with Gasteiger partial charge in [-0.25, -0.2) is 0 Å². The maximum Gasteiger partial charge on any atom is 0.225 e. The Morgan fingerprint density at radius 1 is 1.20 bits per heavy atom. The topological polar surface area (TPSA) is 56.7 Å². The maximum absolute atomic E-state index is 12.6. The molecule has 3 rings (SSSR count). The first-order valence-corrected chi connectivity index (χ1v) is 11.5. The summed E-state index contributed by atoms with van der Waals surface area (Å²) in [7, 11) is 0. The molecule has 5 nitrogen and oxygen atoms in total. The molecular formula is C23H36ClIN4O. The molecule has 2 unspecified atom stereocenters. The van der Waals surface area contributed by atoms with Gasteiger partial charge in [0.05, 0.1) is 0 Å². The van der Waals surface area contributed by atoms with Crippen LogP contribution in [-0.4, -0.2) is 48.5 Å². The Morgan fingerprint density at radius 2 is 1.90 bits per heavy atom. The Kier molecular flexibility index (Phi) is 10.2. The van der Waals surface area contributed by atoms with E-state index in [1.54, 1.807) is 0 Å². The van der Waals surface area contributed by atoms with E-state index < -0.39 is 0 Å². The molecule has 0 bridgehead atoms. The molecule has 168 valence electrons. The van der Waals surface area contributed by atoms with E-state index in [2.05, 4.69) is 53.4 Å². The van der Waals surface area contributed by atoms with Gasteiger partial charge in [-0.3, -0.25) is 9.79 Å². The quantitative estimate of drug-likeness (QED) is 0.294. The average Bonchev–Trinajstić information content (AvgIpc) is 3.49. The van der Waals surface area contributed by atoms with Gasteiger partial charge in [0.25, 0.3) is 0 Å². The highest BCUT2D eigenvalue weighted by atomic mass is 127. The normalized spacial score (nSPS) is 21.9. The van der Waals surface area contributed by atoms with Crippen LogP contribution in [0, 0.1) is 5.92 Å². The van der Waals surface area contributed by atoms with Gasteiger partial charge < -0.3 is 15.5 Å². The number of carbonyl (C=O) groups is 1. The number of likely N-dealkylation sites (tertiary alicyclic amines) is 1. The zero-order chi connectivity index (χ0) is 20.8. The van der Waals surface area contributed by atoms with Crippen LogP contribution in [0.15, 0.2) is 29.3 Å². The van der Waals surface area contributed by atoms with Gasteiger partial charge in [0.2, 0.25) is 5.91 Å². The van der Waals surface area contributed by atoms with E-state index in [-0.39, 0.29) is 29.9 Å². The summed E-state index contributed by atoms with van der Waals surface area (Å²) in [6, 6.07) is 8.91.